The summed E-state index contributed by atoms with van der Waals surface area (Å²) in [5, 5.41) is 9.11. The van der Waals surface area contributed by atoms with Crippen LogP contribution in [0.5, 0.6) is 0 Å². The Kier molecular flexibility index (Phi) is 5.17. The standard InChI is InChI=1S/C22H21Cl2N3O/c1-13-21(14(2)27(26-13)12-16-5-3-4-6-20(16)24)25-22(28)19-11-18(19)15-7-9-17(23)10-8-15/h3-10,18-19H,11-12H2,1-2H3,(H,25,28). The summed E-state index contributed by atoms with van der Waals surface area (Å²) in [6.45, 7) is 4.45. The summed E-state index contributed by atoms with van der Waals surface area (Å²) >= 11 is 12.2. The highest BCUT2D eigenvalue weighted by Gasteiger charge is 2.44. The number of hydrogen-bond donors (Lipinski definition) is 1. The van der Waals surface area contributed by atoms with Crippen molar-refractivity contribution in [1.29, 1.82) is 0 Å². The molecular weight excluding hydrogens is 393 g/mol. The summed E-state index contributed by atoms with van der Waals surface area (Å²) in [5.74, 6) is 0.298. The van der Waals surface area contributed by atoms with Gasteiger partial charge in [-0.25, -0.2) is 0 Å². The zero-order valence-electron chi connectivity index (χ0n) is 15.7. The molecule has 0 spiro atoms. The van der Waals surface area contributed by atoms with Crippen LogP contribution < -0.4 is 5.32 Å². The largest absolute Gasteiger partial charge is 0.323 e. The van der Waals surface area contributed by atoms with Gasteiger partial charge in [-0.15, -0.1) is 0 Å². The van der Waals surface area contributed by atoms with Gasteiger partial charge in [-0.2, -0.15) is 5.10 Å². The first-order valence-electron chi connectivity index (χ1n) is 9.27. The minimum absolute atomic E-state index is 0.00751. The molecule has 28 heavy (non-hydrogen) atoms. The molecule has 0 bridgehead atoms. The van der Waals surface area contributed by atoms with E-state index >= 15 is 0 Å². The third-order valence-electron chi connectivity index (χ3n) is 5.33. The second kappa shape index (κ2) is 7.61. The lowest BCUT2D eigenvalue weighted by Crippen LogP contribution is -2.16. The highest BCUT2D eigenvalue weighted by Crippen LogP contribution is 2.48. The van der Waals surface area contributed by atoms with Gasteiger partial charge in [0.25, 0.3) is 0 Å². The van der Waals surface area contributed by atoms with Crippen LogP contribution in [-0.4, -0.2) is 15.7 Å². The first kappa shape index (κ1) is 19.0. The summed E-state index contributed by atoms with van der Waals surface area (Å²) in [6, 6.07) is 15.5. The van der Waals surface area contributed by atoms with Gasteiger partial charge < -0.3 is 5.32 Å². The molecule has 1 fully saturated rings. The lowest BCUT2D eigenvalue weighted by molar-refractivity contribution is -0.117. The van der Waals surface area contributed by atoms with Gasteiger partial charge >= 0.3 is 0 Å². The fraction of sp³-hybridized carbons (Fsp3) is 0.273. The Morgan fingerprint density at radius 1 is 1.14 bits per heavy atom. The fourth-order valence-electron chi connectivity index (χ4n) is 3.60. The molecule has 6 heteroatoms. The number of aromatic nitrogens is 2. The molecular formula is C22H21Cl2N3O. The van der Waals surface area contributed by atoms with Crippen molar-refractivity contribution in [3.8, 4) is 0 Å². The van der Waals surface area contributed by atoms with E-state index < -0.39 is 0 Å². The van der Waals surface area contributed by atoms with Crippen LogP contribution in [-0.2, 0) is 11.3 Å². The molecule has 0 aliphatic heterocycles. The van der Waals surface area contributed by atoms with Crippen molar-refractivity contribution >= 4 is 34.8 Å². The third kappa shape index (κ3) is 3.80. The maximum atomic E-state index is 12.8. The molecule has 0 radical (unpaired) electrons. The summed E-state index contributed by atoms with van der Waals surface area (Å²) in [6.07, 6.45) is 0.860. The average molecular weight is 414 g/mol. The van der Waals surface area contributed by atoms with Crippen LogP contribution in [0.3, 0.4) is 0 Å². The van der Waals surface area contributed by atoms with E-state index in [1.165, 1.54) is 0 Å². The lowest BCUT2D eigenvalue weighted by atomic mass is 10.1. The number of halogens is 2. The zero-order chi connectivity index (χ0) is 19.8. The number of carbonyl (C=O) groups excluding carboxylic acids is 1. The minimum atomic E-state index is -0.00751. The van der Waals surface area contributed by atoms with Crippen LogP contribution in [0.25, 0.3) is 0 Å². The molecule has 2 atom stereocenters. The topological polar surface area (TPSA) is 46.9 Å². The Morgan fingerprint density at radius 2 is 1.86 bits per heavy atom. The van der Waals surface area contributed by atoms with Gasteiger partial charge in [-0.1, -0.05) is 53.5 Å². The summed E-state index contributed by atoms with van der Waals surface area (Å²) < 4.78 is 1.88. The summed E-state index contributed by atoms with van der Waals surface area (Å²) in [7, 11) is 0. The first-order chi connectivity index (χ1) is 13.4. The highest BCUT2D eigenvalue weighted by atomic mass is 35.5. The second-order valence-corrected chi connectivity index (χ2v) is 8.13. The van der Waals surface area contributed by atoms with E-state index in [1.807, 2.05) is 67.1 Å². The Hall–Kier alpha value is -2.30. The maximum absolute atomic E-state index is 12.8. The van der Waals surface area contributed by atoms with Crippen LogP contribution in [0.2, 0.25) is 10.0 Å². The number of nitrogens with zero attached hydrogens (tertiary/aromatic N) is 2. The Bertz CT molecular complexity index is 1030. The van der Waals surface area contributed by atoms with E-state index in [2.05, 4.69) is 10.4 Å². The van der Waals surface area contributed by atoms with E-state index in [1.54, 1.807) is 0 Å². The number of anilines is 1. The van der Waals surface area contributed by atoms with Gasteiger partial charge in [-0.05, 0) is 55.5 Å². The van der Waals surface area contributed by atoms with Gasteiger partial charge in [0.15, 0.2) is 0 Å². The van der Waals surface area contributed by atoms with Crippen LogP contribution in [0.4, 0.5) is 5.69 Å². The molecule has 1 aromatic heterocycles. The molecule has 1 amide bonds. The quantitative estimate of drug-likeness (QED) is 0.591. The van der Waals surface area contributed by atoms with Crippen molar-refractivity contribution in [2.45, 2.75) is 32.7 Å². The van der Waals surface area contributed by atoms with Crippen LogP contribution in [0.15, 0.2) is 48.5 Å². The molecule has 4 nitrogen and oxygen atoms in total. The molecule has 1 saturated carbocycles. The molecule has 1 aliphatic carbocycles. The zero-order valence-corrected chi connectivity index (χ0v) is 17.3. The minimum Gasteiger partial charge on any atom is -0.323 e. The highest BCUT2D eigenvalue weighted by molar-refractivity contribution is 6.31. The average Bonchev–Trinajstić information content (AvgIpc) is 3.43. The van der Waals surface area contributed by atoms with E-state index in [0.29, 0.717) is 16.6 Å². The molecule has 2 aromatic carbocycles. The number of benzene rings is 2. The third-order valence-corrected chi connectivity index (χ3v) is 5.95. The van der Waals surface area contributed by atoms with Gasteiger partial charge in [-0.3, -0.25) is 9.48 Å². The van der Waals surface area contributed by atoms with Crippen molar-refractivity contribution in [3.05, 3.63) is 81.1 Å². The number of aryl methyl sites for hydroxylation is 1. The maximum Gasteiger partial charge on any atom is 0.228 e. The molecule has 144 valence electrons. The molecule has 0 saturated heterocycles. The Balaban J connectivity index is 1.47. The van der Waals surface area contributed by atoms with E-state index in [0.717, 1.165) is 34.6 Å². The van der Waals surface area contributed by atoms with Crippen LogP contribution >= 0.6 is 23.2 Å². The van der Waals surface area contributed by atoms with E-state index in [4.69, 9.17) is 23.2 Å². The van der Waals surface area contributed by atoms with E-state index in [-0.39, 0.29) is 17.7 Å². The van der Waals surface area contributed by atoms with Gasteiger partial charge in [0.1, 0.15) is 0 Å². The lowest BCUT2D eigenvalue weighted by Gasteiger charge is -2.08. The number of rotatable bonds is 5. The van der Waals surface area contributed by atoms with Gasteiger partial charge in [0.05, 0.1) is 23.6 Å². The number of carbonyl (C=O) groups is 1. The number of amides is 1. The molecule has 4 rings (SSSR count). The summed E-state index contributed by atoms with van der Waals surface area (Å²) in [5.41, 5.74) is 4.68. The van der Waals surface area contributed by atoms with Crippen LogP contribution in [0.1, 0.15) is 34.9 Å². The van der Waals surface area contributed by atoms with Gasteiger partial charge in [0, 0.05) is 16.0 Å². The SMILES string of the molecule is Cc1nn(Cc2ccccc2Cl)c(C)c1NC(=O)C1CC1c1ccc(Cl)cc1. The smallest absolute Gasteiger partial charge is 0.228 e. The second-order valence-electron chi connectivity index (χ2n) is 7.28. The van der Waals surface area contributed by atoms with Crippen molar-refractivity contribution in [3.63, 3.8) is 0 Å². The Labute approximate surface area is 174 Å². The first-order valence-corrected chi connectivity index (χ1v) is 10.0. The molecule has 2 unspecified atom stereocenters. The molecule has 3 aromatic rings. The van der Waals surface area contributed by atoms with Crippen molar-refractivity contribution in [2.24, 2.45) is 5.92 Å². The van der Waals surface area contributed by atoms with Crippen molar-refractivity contribution in [2.75, 3.05) is 5.32 Å². The van der Waals surface area contributed by atoms with Gasteiger partial charge in [0.2, 0.25) is 5.91 Å². The Morgan fingerprint density at radius 3 is 2.57 bits per heavy atom. The fourth-order valence-corrected chi connectivity index (χ4v) is 3.92. The predicted molar refractivity (Wildman–Crippen MR) is 113 cm³/mol. The molecule has 1 heterocycles. The van der Waals surface area contributed by atoms with Crippen molar-refractivity contribution in [1.82, 2.24) is 9.78 Å². The van der Waals surface area contributed by atoms with E-state index in [9.17, 15) is 4.79 Å². The molecule has 1 N–H and O–H groups in total. The number of hydrogen-bond acceptors (Lipinski definition) is 2. The predicted octanol–water partition coefficient (Wildman–Crippen LogP) is 5.60. The number of nitrogens with one attached hydrogen (secondary N) is 1. The van der Waals surface area contributed by atoms with Crippen LogP contribution in [0, 0.1) is 19.8 Å². The molecule has 1 aliphatic rings. The monoisotopic (exact) mass is 413 g/mol. The normalized spacial score (nSPS) is 18.1. The van der Waals surface area contributed by atoms with Crippen molar-refractivity contribution < 1.29 is 4.79 Å². The summed E-state index contributed by atoms with van der Waals surface area (Å²) in [4.78, 5) is 12.8.